The third-order valence-electron chi connectivity index (χ3n) is 2.11. The van der Waals surface area contributed by atoms with Gasteiger partial charge >= 0.3 is 0 Å². The van der Waals surface area contributed by atoms with Crippen LogP contribution in [0.5, 0.6) is 5.75 Å². The van der Waals surface area contributed by atoms with Crippen LogP contribution in [0.15, 0.2) is 23.1 Å². The lowest BCUT2D eigenvalue weighted by molar-refractivity contribution is 0.339. The summed E-state index contributed by atoms with van der Waals surface area (Å²) in [7, 11) is 0. The van der Waals surface area contributed by atoms with Crippen LogP contribution >= 0.6 is 11.8 Å². The van der Waals surface area contributed by atoms with Gasteiger partial charge in [-0.15, -0.1) is 11.8 Å². The Balaban J connectivity index is 2.13. The number of benzene rings is 1. The van der Waals surface area contributed by atoms with Crippen molar-refractivity contribution in [1.29, 1.82) is 0 Å². The lowest BCUT2D eigenvalue weighted by Gasteiger charge is -2.08. The normalized spacial score (nSPS) is 15.5. The molecule has 1 aromatic rings. The second kappa shape index (κ2) is 4.13. The van der Waals surface area contributed by atoms with Crippen LogP contribution in [-0.2, 0) is 0 Å². The molecule has 0 aliphatic heterocycles. The third-order valence-corrected chi connectivity index (χ3v) is 3.53. The first-order valence-electron chi connectivity index (χ1n) is 4.98. The van der Waals surface area contributed by atoms with Gasteiger partial charge in [0.15, 0.2) is 0 Å². The third kappa shape index (κ3) is 2.35. The molecule has 3 heteroatoms. The highest BCUT2D eigenvalue weighted by atomic mass is 32.2. The standard InChI is InChI=1S/C11H15NOS/c1-2-13-8-3-6-10(12)11(7-8)14-9-4-5-9/h3,6-7,9H,2,4-5,12H2,1H3. The molecule has 14 heavy (non-hydrogen) atoms. The van der Waals surface area contributed by atoms with Gasteiger partial charge in [0.2, 0.25) is 0 Å². The second-order valence-corrected chi connectivity index (χ2v) is 4.79. The van der Waals surface area contributed by atoms with Crippen molar-refractivity contribution in [2.45, 2.75) is 29.9 Å². The minimum absolute atomic E-state index is 0.706. The number of nitrogen functional groups attached to an aromatic ring is 1. The van der Waals surface area contributed by atoms with Gasteiger partial charge in [0, 0.05) is 15.8 Å². The maximum absolute atomic E-state index is 5.89. The molecule has 0 aromatic heterocycles. The van der Waals surface area contributed by atoms with E-state index in [1.54, 1.807) is 0 Å². The predicted octanol–water partition coefficient (Wildman–Crippen LogP) is 2.92. The monoisotopic (exact) mass is 209 g/mol. The van der Waals surface area contributed by atoms with Gasteiger partial charge in [-0.3, -0.25) is 0 Å². The van der Waals surface area contributed by atoms with Crippen molar-refractivity contribution in [1.82, 2.24) is 0 Å². The largest absolute Gasteiger partial charge is 0.494 e. The van der Waals surface area contributed by atoms with E-state index in [2.05, 4.69) is 0 Å². The zero-order valence-corrected chi connectivity index (χ0v) is 9.14. The predicted molar refractivity (Wildman–Crippen MR) is 60.9 cm³/mol. The zero-order valence-electron chi connectivity index (χ0n) is 8.32. The fourth-order valence-corrected chi connectivity index (χ4v) is 2.36. The summed E-state index contributed by atoms with van der Waals surface area (Å²) >= 11 is 1.87. The van der Waals surface area contributed by atoms with Crippen molar-refractivity contribution in [2.24, 2.45) is 0 Å². The minimum atomic E-state index is 0.706. The van der Waals surface area contributed by atoms with Gasteiger partial charge in [0.05, 0.1) is 6.61 Å². The highest BCUT2D eigenvalue weighted by Gasteiger charge is 2.23. The van der Waals surface area contributed by atoms with Crippen molar-refractivity contribution in [3.05, 3.63) is 18.2 Å². The molecule has 2 nitrogen and oxygen atoms in total. The summed E-state index contributed by atoms with van der Waals surface area (Å²) in [6.07, 6.45) is 2.64. The Kier molecular flexibility index (Phi) is 2.87. The summed E-state index contributed by atoms with van der Waals surface area (Å²) in [5, 5.41) is 0.786. The van der Waals surface area contributed by atoms with Gasteiger partial charge in [0.1, 0.15) is 5.75 Å². The Bertz CT molecular complexity index is 323. The molecular weight excluding hydrogens is 194 g/mol. The smallest absolute Gasteiger partial charge is 0.120 e. The number of hydrogen-bond donors (Lipinski definition) is 1. The maximum atomic E-state index is 5.89. The number of rotatable bonds is 4. The van der Waals surface area contributed by atoms with E-state index >= 15 is 0 Å². The molecule has 0 saturated heterocycles. The summed E-state index contributed by atoms with van der Waals surface area (Å²) in [4.78, 5) is 1.17. The van der Waals surface area contributed by atoms with E-state index in [1.807, 2.05) is 36.9 Å². The molecule has 0 atom stereocenters. The molecule has 1 fully saturated rings. The molecule has 1 saturated carbocycles. The van der Waals surface area contributed by atoms with E-state index < -0.39 is 0 Å². The Morgan fingerprint density at radius 3 is 2.93 bits per heavy atom. The molecule has 0 bridgehead atoms. The lowest BCUT2D eigenvalue weighted by Crippen LogP contribution is -1.94. The van der Waals surface area contributed by atoms with E-state index in [9.17, 15) is 0 Å². The number of hydrogen-bond acceptors (Lipinski definition) is 3. The van der Waals surface area contributed by atoms with Gasteiger partial charge in [-0.25, -0.2) is 0 Å². The molecule has 76 valence electrons. The molecule has 1 aliphatic rings. The molecule has 2 N–H and O–H groups in total. The Morgan fingerprint density at radius 2 is 2.29 bits per heavy atom. The molecule has 0 spiro atoms. The van der Waals surface area contributed by atoms with Crippen molar-refractivity contribution < 1.29 is 4.74 Å². The van der Waals surface area contributed by atoms with Crippen LogP contribution in [0.2, 0.25) is 0 Å². The molecule has 1 aliphatic carbocycles. The summed E-state index contributed by atoms with van der Waals surface area (Å²) in [5.74, 6) is 0.921. The van der Waals surface area contributed by atoms with Crippen molar-refractivity contribution in [3.8, 4) is 5.75 Å². The van der Waals surface area contributed by atoms with E-state index in [0.717, 1.165) is 16.7 Å². The molecule has 1 aromatic carbocycles. The lowest BCUT2D eigenvalue weighted by atomic mass is 10.3. The van der Waals surface area contributed by atoms with Crippen LogP contribution in [-0.4, -0.2) is 11.9 Å². The molecule has 2 rings (SSSR count). The van der Waals surface area contributed by atoms with Crippen LogP contribution in [0.1, 0.15) is 19.8 Å². The van der Waals surface area contributed by atoms with Gasteiger partial charge in [-0.2, -0.15) is 0 Å². The Labute approximate surface area is 88.8 Å². The van der Waals surface area contributed by atoms with Crippen LogP contribution < -0.4 is 10.5 Å². The fourth-order valence-electron chi connectivity index (χ4n) is 1.24. The van der Waals surface area contributed by atoms with Crippen molar-refractivity contribution >= 4 is 17.4 Å². The summed E-state index contributed by atoms with van der Waals surface area (Å²) in [5.41, 5.74) is 6.75. The van der Waals surface area contributed by atoms with E-state index in [-0.39, 0.29) is 0 Å². The molecule has 0 unspecified atom stereocenters. The van der Waals surface area contributed by atoms with Crippen molar-refractivity contribution in [3.63, 3.8) is 0 Å². The van der Waals surface area contributed by atoms with E-state index in [0.29, 0.717) is 6.61 Å². The minimum Gasteiger partial charge on any atom is -0.494 e. The summed E-state index contributed by atoms with van der Waals surface area (Å²) < 4.78 is 5.43. The topological polar surface area (TPSA) is 35.2 Å². The fraction of sp³-hybridized carbons (Fsp3) is 0.455. The Morgan fingerprint density at radius 1 is 1.50 bits per heavy atom. The quantitative estimate of drug-likeness (QED) is 0.774. The van der Waals surface area contributed by atoms with E-state index in [4.69, 9.17) is 10.5 Å². The van der Waals surface area contributed by atoms with E-state index in [1.165, 1.54) is 17.7 Å². The Hall–Kier alpha value is -0.830. The molecule has 0 heterocycles. The van der Waals surface area contributed by atoms with Crippen molar-refractivity contribution in [2.75, 3.05) is 12.3 Å². The molecule has 0 amide bonds. The highest BCUT2D eigenvalue weighted by Crippen LogP contribution is 2.42. The average molecular weight is 209 g/mol. The summed E-state index contributed by atoms with van der Waals surface area (Å²) in [6.45, 7) is 2.70. The highest BCUT2D eigenvalue weighted by molar-refractivity contribution is 8.00. The van der Waals surface area contributed by atoms with Gasteiger partial charge in [-0.05, 0) is 38.0 Å². The number of anilines is 1. The first-order chi connectivity index (χ1) is 6.79. The average Bonchev–Trinajstić information content (AvgIpc) is 2.95. The molecule has 0 radical (unpaired) electrons. The maximum Gasteiger partial charge on any atom is 0.120 e. The zero-order chi connectivity index (χ0) is 9.97. The first-order valence-corrected chi connectivity index (χ1v) is 5.86. The number of thioether (sulfide) groups is 1. The number of ether oxygens (including phenoxy) is 1. The van der Waals surface area contributed by atoms with Crippen LogP contribution in [0.25, 0.3) is 0 Å². The van der Waals surface area contributed by atoms with Crippen LogP contribution in [0.4, 0.5) is 5.69 Å². The first kappa shape index (κ1) is 9.71. The SMILES string of the molecule is CCOc1ccc(N)c(SC2CC2)c1. The second-order valence-electron chi connectivity index (χ2n) is 3.45. The van der Waals surface area contributed by atoms with Gasteiger partial charge in [-0.1, -0.05) is 0 Å². The van der Waals surface area contributed by atoms with Crippen LogP contribution in [0, 0.1) is 0 Å². The molecular formula is C11H15NOS. The van der Waals surface area contributed by atoms with Crippen LogP contribution in [0.3, 0.4) is 0 Å². The summed E-state index contributed by atoms with van der Waals surface area (Å²) in [6, 6.07) is 5.90. The van der Waals surface area contributed by atoms with Gasteiger partial charge < -0.3 is 10.5 Å². The number of nitrogens with two attached hydrogens (primary N) is 1. The van der Waals surface area contributed by atoms with Gasteiger partial charge in [0.25, 0.3) is 0 Å².